The number of rotatable bonds is 14. The Morgan fingerprint density at radius 2 is 1.67 bits per heavy atom. The fourth-order valence-corrected chi connectivity index (χ4v) is 6.82. The average molecular weight is 710 g/mol. The molecule has 240 valence electrons. The van der Waals surface area contributed by atoms with Crippen LogP contribution >= 0.6 is 15.9 Å². The van der Waals surface area contributed by atoms with Crippen LogP contribution in [0.4, 0.5) is 4.39 Å². The third-order valence-corrected chi connectivity index (χ3v) is 9.93. The molecule has 0 saturated carbocycles. The van der Waals surface area contributed by atoms with Crippen LogP contribution in [0, 0.1) is 5.82 Å². The zero-order valence-electron chi connectivity index (χ0n) is 24.9. The molecule has 4 aromatic carbocycles. The van der Waals surface area contributed by atoms with Crippen molar-refractivity contribution in [3.05, 3.63) is 130 Å². The van der Waals surface area contributed by atoms with Crippen LogP contribution in [0.1, 0.15) is 35.6 Å². The number of ether oxygens (including phenoxy) is 2. The van der Waals surface area contributed by atoms with E-state index in [1.165, 1.54) is 24.3 Å². The van der Waals surface area contributed by atoms with Crippen LogP contribution in [0.25, 0.3) is 0 Å². The molecule has 1 aliphatic rings. The lowest BCUT2D eigenvalue weighted by atomic mass is 9.85. The maximum atomic E-state index is 14.3. The molecule has 0 saturated heterocycles. The van der Waals surface area contributed by atoms with E-state index in [0.717, 1.165) is 10.0 Å². The molecule has 2 N–H and O–H groups in total. The summed E-state index contributed by atoms with van der Waals surface area (Å²) in [5, 5.41) is 12.0. The van der Waals surface area contributed by atoms with Crippen LogP contribution in [0.2, 0.25) is 0 Å². The highest BCUT2D eigenvalue weighted by molar-refractivity contribution is 9.10. The van der Waals surface area contributed by atoms with Gasteiger partial charge < -0.3 is 19.9 Å². The first-order valence-electron chi connectivity index (χ1n) is 14.9. The summed E-state index contributed by atoms with van der Waals surface area (Å²) in [5.74, 6) is -0.393. The Kier molecular flexibility index (Phi) is 10.9. The van der Waals surface area contributed by atoms with Gasteiger partial charge in [0.05, 0.1) is 17.3 Å². The number of aliphatic imine (C=N–C) groups is 1. The lowest BCUT2D eigenvalue weighted by molar-refractivity contribution is -0.129. The zero-order valence-corrected chi connectivity index (χ0v) is 27.3. The number of hydrogen-bond donors (Lipinski definition) is 2. The van der Waals surface area contributed by atoms with Crippen LogP contribution in [-0.4, -0.2) is 56.4 Å². The van der Waals surface area contributed by atoms with E-state index in [1.807, 2.05) is 24.3 Å². The second-order valence-electron chi connectivity index (χ2n) is 10.9. The van der Waals surface area contributed by atoms with Gasteiger partial charge in [0.25, 0.3) is 5.91 Å². The van der Waals surface area contributed by atoms with Crippen LogP contribution in [0.3, 0.4) is 0 Å². The van der Waals surface area contributed by atoms with Gasteiger partial charge in [-0.2, -0.15) is 0 Å². The number of benzene rings is 4. The number of hydrogen-bond acceptors (Lipinski definition) is 7. The Labute approximate surface area is 276 Å². The topological polar surface area (TPSA) is 114 Å². The van der Waals surface area contributed by atoms with Crippen molar-refractivity contribution in [3.8, 4) is 5.75 Å². The quantitative estimate of drug-likeness (QED) is 0.160. The second kappa shape index (κ2) is 15.0. The fourth-order valence-electron chi connectivity index (χ4n) is 5.17. The van der Waals surface area contributed by atoms with Crippen LogP contribution < -0.4 is 10.1 Å². The highest BCUT2D eigenvalue weighted by Gasteiger charge is 2.53. The molecule has 0 aromatic heterocycles. The van der Waals surface area contributed by atoms with Gasteiger partial charge in [-0.3, -0.25) is 4.79 Å². The van der Waals surface area contributed by atoms with E-state index < -0.39 is 27.4 Å². The van der Waals surface area contributed by atoms with Crippen molar-refractivity contribution in [1.82, 2.24) is 5.32 Å². The Bertz CT molecular complexity index is 1750. The van der Waals surface area contributed by atoms with E-state index in [9.17, 15) is 17.6 Å². The van der Waals surface area contributed by atoms with Gasteiger partial charge in [-0.05, 0) is 78.2 Å². The van der Waals surface area contributed by atoms with E-state index in [-0.39, 0.29) is 41.9 Å². The van der Waals surface area contributed by atoms with Crippen molar-refractivity contribution >= 4 is 37.6 Å². The largest absolute Gasteiger partial charge is 0.494 e. The molecule has 11 heteroatoms. The lowest BCUT2D eigenvalue weighted by Gasteiger charge is -2.30. The van der Waals surface area contributed by atoms with Crippen molar-refractivity contribution in [3.63, 3.8) is 0 Å². The summed E-state index contributed by atoms with van der Waals surface area (Å²) in [7, 11) is -3.78. The van der Waals surface area contributed by atoms with Gasteiger partial charge in [0.15, 0.2) is 21.5 Å². The summed E-state index contributed by atoms with van der Waals surface area (Å²) in [4.78, 5) is 19.3. The second-order valence-corrected chi connectivity index (χ2v) is 13.9. The first-order chi connectivity index (χ1) is 22.2. The summed E-state index contributed by atoms with van der Waals surface area (Å²) < 4.78 is 53.3. The molecule has 1 amide bonds. The predicted octanol–water partition coefficient (Wildman–Crippen LogP) is 5.83. The van der Waals surface area contributed by atoms with Crippen LogP contribution in [-0.2, 0) is 25.8 Å². The molecule has 5 rings (SSSR count). The van der Waals surface area contributed by atoms with Crippen molar-refractivity contribution in [2.24, 2.45) is 4.99 Å². The third kappa shape index (κ3) is 8.01. The molecule has 0 spiro atoms. The molecular formula is C35H34BrFN2O6S. The van der Waals surface area contributed by atoms with E-state index >= 15 is 0 Å². The summed E-state index contributed by atoms with van der Waals surface area (Å²) in [6.45, 7) is 0.597. The number of aliphatic hydroxyl groups is 1. The van der Waals surface area contributed by atoms with Crippen molar-refractivity contribution in [2.45, 2.75) is 35.8 Å². The number of nitrogens with one attached hydrogen (secondary N) is 1. The zero-order chi connectivity index (χ0) is 32.6. The summed E-state index contributed by atoms with van der Waals surface area (Å²) >= 11 is 3.46. The molecule has 0 radical (unpaired) electrons. The Hall–Kier alpha value is -4.06. The number of amides is 1. The number of carbonyl (C=O) groups excluding carboxylic acids is 1. The van der Waals surface area contributed by atoms with Crippen molar-refractivity contribution in [1.29, 1.82) is 0 Å². The highest BCUT2D eigenvalue weighted by atomic mass is 79.9. The first-order valence-corrected chi connectivity index (χ1v) is 17.3. The highest BCUT2D eigenvalue weighted by Crippen LogP contribution is 2.43. The fraction of sp³-hybridized carbons (Fsp3) is 0.257. The Balaban J connectivity index is 1.50. The van der Waals surface area contributed by atoms with Gasteiger partial charge in [-0.25, -0.2) is 17.8 Å². The van der Waals surface area contributed by atoms with Crippen molar-refractivity contribution < 1.29 is 32.2 Å². The molecule has 46 heavy (non-hydrogen) atoms. The molecule has 1 heterocycles. The number of aliphatic hydroxyl groups excluding tert-OH is 1. The molecule has 8 nitrogen and oxygen atoms in total. The minimum atomic E-state index is -3.78. The van der Waals surface area contributed by atoms with Gasteiger partial charge >= 0.3 is 0 Å². The SMILES string of the molecule is O=C(NCCc1ccc(F)cc1)[C@]1(CCS(=O)(=O)c2ccccc2)N=C(c2ccc(OCCCO)cc2)O[C@@H]1c1ccc(Br)cc1. The van der Waals surface area contributed by atoms with E-state index in [1.54, 1.807) is 54.6 Å². The summed E-state index contributed by atoms with van der Waals surface area (Å²) in [6, 6.07) is 28.4. The molecule has 0 fully saturated rings. The molecule has 0 bridgehead atoms. The van der Waals surface area contributed by atoms with Gasteiger partial charge in [-0.1, -0.05) is 58.4 Å². The minimum Gasteiger partial charge on any atom is -0.494 e. The number of sulfone groups is 1. The van der Waals surface area contributed by atoms with Gasteiger partial charge in [0.2, 0.25) is 5.90 Å². The smallest absolute Gasteiger partial charge is 0.252 e. The Morgan fingerprint density at radius 3 is 2.35 bits per heavy atom. The molecule has 0 aliphatic carbocycles. The van der Waals surface area contributed by atoms with Crippen LogP contribution in [0.15, 0.2) is 117 Å². The molecule has 0 unspecified atom stereocenters. The number of carbonyl (C=O) groups is 1. The number of nitrogens with zero attached hydrogens (tertiary/aromatic N) is 1. The van der Waals surface area contributed by atoms with E-state index in [2.05, 4.69) is 21.2 Å². The lowest BCUT2D eigenvalue weighted by Crippen LogP contribution is -2.49. The van der Waals surface area contributed by atoms with Crippen molar-refractivity contribution in [2.75, 3.05) is 25.5 Å². The normalized spacial score (nSPS) is 17.6. The minimum absolute atomic E-state index is 0.0220. The van der Waals surface area contributed by atoms with E-state index in [4.69, 9.17) is 19.6 Å². The first kappa shape index (κ1) is 33.3. The van der Waals surface area contributed by atoms with E-state index in [0.29, 0.717) is 36.3 Å². The molecule has 1 aliphatic heterocycles. The third-order valence-electron chi connectivity index (χ3n) is 7.67. The molecule has 4 aromatic rings. The number of halogens is 2. The standard InChI is InChI=1S/C35H34BrFN2O6S/c36-28-13-9-26(10-14-28)32-35(20-24-46(42,43)31-5-2-1-3-6-31,34(41)38-21-19-25-7-15-29(37)16-8-25)39-33(45-32)27-11-17-30(18-12-27)44-23-4-22-40/h1-3,5-18,32,40H,4,19-24H2,(H,38,41)/t32-,35-/m1/s1. The molecule has 2 atom stereocenters. The van der Waals surface area contributed by atoms with Gasteiger partial charge in [0.1, 0.15) is 11.6 Å². The molecular weight excluding hydrogens is 675 g/mol. The summed E-state index contributed by atoms with van der Waals surface area (Å²) in [5.41, 5.74) is 0.435. The Morgan fingerprint density at radius 1 is 0.978 bits per heavy atom. The average Bonchev–Trinajstić information content (AvgIpc) is 3.47. The monoisotopic (exact) mass is 708 g/mol. The summed E-state index contributed by atoms with van der Waals surface area (Å²) in [6.07, 6.45) is -0.161. The van der Waals surface area contributed by atoms with Gasteiger partial charge in [0, 0.05) is 36.0 Å². The predicted molar refractivity (Wildman–Crippen MR) is 177 cm³/mol. The van der Waals surface area contributed by atoms with Gasteiger partial charge in [-0.15, -0.1) is 0 Å². The maximum absolute atomic E-state index is 14.3. The maximum Gasteiger partial charge on any atom is 0.252 e. The van der Waals surface area contributed by atoms with Crippen LogP contribution in [0.5, 0.6) is 5.75 Å².